The summed E-state index contributed by atoms with van der Waals surface area (Å²) in [6, 6.07) is 5.79. The van der Waals surface area contributed by atoms with Crippen LogP contribution in [0.15, 0.2) is 18.2 Å². The van der Waals surface area contributed by atoms with Crippen LogP contribution in [0, 0.1) is 0 Å². The number of rotatable bonds is 4. The third-order valence-electron chi connectivity index (χ3n) is 4.55. The predicted octanol–water partition coefficient (Wildman–Crippen LogP) is 1.25. The molecule has 0 spiro atoms. The van der Waals surface area contributed by atoms with Crippen molar-refractivity contribution in [1.29, 1.82) is 0 Å². The lowest BCUT2D eigenvalue weighted by Gasteiger charge is -2.21. The average Bonchev–Trinajstić information content (AvgIpc) is 3.03. The van der Waals surface area contributed by atoms with Crippen molar-refractivity contribution >= 4 is 17.5 Å². The van der Waals surface area contributed by atoms with Gasteiger partial charge in [0.25, 0.3) is 0 Å². The highest BCUT2D eigenvalue weighted by molar-refractivity contribution is 5.93. The maximum Gasteiger partial charge on any atom is 0.249 e. The highest BCUT2D eigenvalue weighted by atomic mass is 16.5. The maximum atomic E-state index is 12.3. The van der Waals surface area contributed by atoms with Crippen molar-refractivity contribution in [3.8, 4) is 0 Å². The number of nitrogens with two attached hydrogens (primary N) is 1. The monoisotopic (exact) mass is 317 g/mol. The van der Waals surface area contributed by atoms with Gasteiger partial charge >= 0.3 is 0 Å². The minimum atomic E-state index is -0.400. The van der Waals surface area contributed by atoms with Gasteiger partial charge in [-0.05, 0) is 43.4 Å². The van der Waals surface area contributed by atoms with Crippen LogP contribution in [0.5, 0.6) is 0 Å². The van der Waals surface area contributed by atoms with Crippen LogP contribution >= 0.6 is 0 Å². The van der Waals surface area contributed by atoms with E-state index in [9.17, 15) is 9.59 Å². The molecule has 0 bridgehead atoms. The number of amides is 2. The first-order valence-electron chi connectivity index (χ1n) is 8.15. The molecule has 4 N–H and O–H groups in total. The summed E-state index contributed by atoms with van der Waals surface area (Å²) < 4.78 is 5.63. The van der Waals surface area contributed by atoms with Crippen molar-refractivity contribution in [1.82, 2.24) is 5.32 Å². The van der Waals surface area contributed by atoms with E-state index in [0.29, 0.717) is 13.0 Å². The van der Waals surface area contributed by atoms with E-state index in [1.54, 1.807) is 0 Å². The number of nitrogens with one attached hydrogen (secondary N) is 2. The molecule has 2 amide bonds. The van der Waals surface area contributed by atoms with E-state index in [4.69, 9.17) is 10.5 Å². The Bertz CT molecular complexity index is 617. The first-order chi connectivity index (χ1) is 11.1. The third-order valence-corrected chi connectivity index (χ3v) is 4.55. The summed E-state index contributed by atoms with van der Waals surface area (Å²) in [7, 11) is 0. The summed E-state index contributed by atoms with van der Waals surface area (Å²) in [5.41, 5.74) is 8.59. The Balaban J connectivity index is 1.63. The maximum absolute atomic E-state index is 12.3. The Kier molecular flexibility index (Phi) is 4.63. The van der Waals surface area contributed by atoms with E-state index in [0.717, 1.165) is 36.1 Å². The van der Waals surface area contributed by atoms with E-state index in [1.165, 1.54) is 0 Å². The molecule has 0 aromatic heterocycles. The van der Waals surface area contributed by atoms with E-state index in [1.807, 2.05) is 19.1 Å². The summed E-state index contributed by atoms with van der Waals surface area (Å²) in [4.78, 5) is 23.7. The van der Waals surface area contributed by atoms with Crippen molar-refractivity contribution in [2.45, 2.75) is 50.9 Å². The summed E-state index contributed by atoms with van der Waals surface area (Å²) in [6.45, 7) is 2.41. The number of fused-ring (bicyclic) bond motifs is 1. The molecular weight excluding hydrogens is 294 g/mol. The number of carbonyl (C=O) groups excluding carboxylic acids is 2. The lowest BCUT2D eigenvalue weighted by molar-refractivity contribution is -0.132. The second-order valence-electron chi connectivity index (χ2n) is 6.25. The Morgan fingerprint density at radius 2 is 2.26 bits per heavy atom. The first-order valence-corrected chi connectivity index (χ1v) is 8.15. The normalized spacial score (nSPS) is 24.7. The van der Waals surface area contributed by atoms with Gasteiger partial charge in [-0.25, -0.2) is 0 Å². The molecule has 1 unspecified atom stereocenters. The molecule has 3 atom stereocenters. The molecule has 1 saturated heterocycles. The van der Waals surface area contributed by atoms with Gasteiger partial charge in [-0.1, -0.05) is 12.1 Å². The van der Waals surface area contributed by atoms with Crippen LogP contribution < -0.4 is 16.4 Å². The Labute approximate surface area is 135 Å². The molecule has 1 aromatic rings. The fourth-order valence-corrected chi connectivity index (χ4v) is 3.13. The van der Waals surface area contributed by atoms with Gasteiger partial charge in [-0.3, -0.25) is 9.59 Å². The van der Waals surface area contributed by atoms with Crippen molar-refractivity contribution in [2.75, 3.05) is 11.9 Å². The number of aryl methyl sites for hydroxylation is 1. The van der Waals surface area contributed by atoms with E-state index in [2.05, 4.69) is 16.7 Å². The summed E-state index contributed by atoms with van der Waals surface area (Å²) in [5, 5.41) is 5.87. The van der Waals surface area contributed by atoms with Gasteiger partial charge in [0, 0.05) is 18.7 Å². The molecule has 6 nitrogen and oxygen atoms in total. The quantitative estimate of drug-likeness (QED) is 0.779. The van der Waals surface area contributed by atoms with Gasteiger partial charge in [0.2, 0.25) is 11.8 Å². The molecule has 0 aliphatic carbocycles. The average molecular weight is 317 g/mol. The smallest absolute Gasteiger partial charge is 0.249 e. The summed E-state index contributed by atoms with van der Waals surface area (Å²) in [5.74, 6) is -0.0288. The van der Waals surface area contributed by atoms with Crippen molar-refractivity contribution in [3.63, 3.8) is 0 Å². The lowest BCUT2D eigenvalue weighted by atomic mass is 9.97. The van der Waals surface area contributed by atoms with Gasteiger partial charge in [0.1, 0.15) is 6.10 Å². The van der Waals surface area contributed by atoms with Crippen LogP contribution in [-0.2, 0) is 20.7 Å². The van der Waals surface area contributed by atoms with Gasteiger partial charge in [0.15, 0.2) is 0 Å². The summed E-state index contributed by atoms with van der Waals surface area (Å²) >= 11 is 0. The number of ether oxygens (including phenoxy) is 1. The molecule has 0 radical (unpaired) electrons. The van der Waals surface area contributed by atoms with E-state index in [-0.39, 0.29) is 24.0 Å². The first kappa shape index (κ1) is 16.0. The van der Waals surface area contributed by atoms with E-state index >= 15 is 0 Å². The molecule has 124 valence electrons. The van der Waals surface area contributed by atoms with E-state index < -0.39 is 6.10 Å². The second kappa shape index (κ2) is 6.68. The molecule has 2 aliphatic rings. The zero-order valence-corrected chi connectivity index (χ0v) is 13.3. The molecule has 1 aromatic carbocycles. The SMILES string of the molecule is CC(NC(=O)[C@@H]1CC[C@H](CN)O1)c1ccc2c(c1)CCC(=O)N2. The van der Waals surface area contributed by atoms with Crippen LogP contribution in [0.1, 0.15) is 43.4 Å². The Morgan fingerprint density at radius 3 is 3.00 bits per heavy atom. The minimum absolute atomic E-state index is 0.00610. The van der Waals surface area contributed by atoms with Crippen LogP contribution in [0.2, 0.25) is 0 Å². The van der Waals surface area contributed by atoms with Crippen LogP contribution in [0.4, 0.5) is 5.69 Å². The number of benzene rings is 1. The highest BCUT2D eigenvalue weighted by Gasteiger charge is 2.30. The molecule has 3 rings (SSSR count). The predicted molar refractivity (Wildman–Crippen MR) is 86.9 cm³/mol. The van der Waals surface area contributed by atoms with Gasteiger partial charge in [-0.2, -0.15) is 0 Å². The lowest BCUT2D eigenvalue weighted by Crippen LogP contribution is -2.37. The van der Waals surface area contributed by atoms with Gasteiger partial charge in [0.05, 0.1) is 12.1 Å². The molecule has 2 heterocycles. The van der Waals surface area contributed by atoms with Crippen molar-refractivity contribution < 1.29 is 14.3 Å². The van der Waals surface area contributed by atoms with Crippen molar-refractivity contribution in [3.05, 3.63) is 29.3 Å². The largest absolute Gasteiger partial charge is 0.364 e. The second-order valence-corrected chi connectivity index (χ2v) is 6.25. The van der Waals surface area contributed by atoms with Crippen LogP contribution in [0.25, 0.3) is 0 Å². The van der Waals surface area contributed by atoms with Gasteiger partial charge in [-0.15, -0.1) is 0 Å². The fourth-order valence-electron chi connectivity index (χ4n) is 3.13. The fraction of sp³-hybridized carbons (Fsp3) is 0.529. The number of anilines is 1. The zero-order chi connectivity index (χ0) is 16.4. The highest BCUT2D eigenvalue weighted by Crippen LogP contribution is 2.26. The molecule has 1 fully saturated rings. The standard InChI is InChI=1S/C17H23N3O3/c1-10(19-17(22)15-6-4-13(9-18)23-15)11-2-5-14-12(8-11)3-7-16(21)20-14/h2,5,8,10,13,15H,3-4,6-7,9,18H2,1H3,(H,19,22)(H,20,21)/t10?,13-,15+/m1/s1. The molecular formula is C17H23N3O3. The molecule has 2 aliphatic heterocycles. The van der Waals surface area contributed by atoms with Crippen LogP contribution in [-0.4, -0.2) is 30.6 Å². The van der Waals surface area contributed by atoms with Crippen LogP contribution in [0.3, 0.4) is 0 Å². The molecule has 6 heteroatoms. The van der Waals surface area contributed by atoms with Crippen molar-refractivity contribution in [2.24, 2.45) is 5.73 Å². The minimum Gasteiger partial charge on any atom is -0.364 e. The van der Waals surface area contributed by atoms with Gasteiger partial charge < -0.3 is 21.1 Å². The zero-order valence-electron chi connectivity index (χ0n) is 13.3. The molecule has 23 heavy (non-hydrogen) atoms. The Hall–Kier alpha value is -1.92. The topological polar surface area (TPSA) is 93.5 Å². The third kappa shape index (κ3) is 3.54. The Morgan fingerprint density at radius 1 is 1.43 bits per heavy atom. The molecule has 0 saturated carbocycles. The summed E-state index contributed by atoms with van der Waals surface area (Å²) in [6.07, 6.45) is 2.39. The number of hydrogen-bond acceptors (Lipinski definition) is 4. The number of carbonyl (C=O) groups is 2. The number of hydrogen-bond donors (Lipinski definition) is 3.